The molecule has 5 nitrogen and oxygen atoms in total. The summed E-state index contributed by atoms with van der Waals surface area (Å²) in [5.41, 5.74) is 2.83. The number of para-hydroxylation sites is 1. The molecule has 2 aromatic heterocycles. The average Bonchev–Trinajstić information content (AvgIpc) is 3.21. The highest BCUT2D eigenvalue weighted by Gasteiger charge is 2.18. The Labute approximate surface area is 178 Å². The molecular weight excluding hydrogens is 394 g/mol. The number of benzene rings is 2. The molecule has 0 unspecified atom stereocenters. The minimum absolute atomic E-state index is 0.0528. The number of aromatic nitrogens is 2. The van der Waals surface area contributed by atoms with Gasteiger partial charge in [-0.05, 0) is 18.1 Å². The van der Waals surface area contributed by atoms with Crippen LogP contribution in [0.1, 0.15) is 24.2 Å². The maximum Gasteiger partial charge on any atom is 0.262 e. The van der Waals surface area contributed by atoms with Crippen LogP contribution in [-0.4, -0.2) is 16.7 Å². The number of ether oxygens (including phenoxy) is 1. The van der Waals surface area contributed by atoms with Crippen LogP contribution in [0.4, 0.5) is 0 Å². The molecule has 0 fully saturated rings. The quantitative estimate of drug-likeness (QED) is 0.397. The molecule has 2 heterocycles. The molecule has 2 aromatic carbocycles. The first-order valence-electron chi connectivity index (χ1n) is 9.78. The number of hydrogen-bond acceptors (Lipinski definition) is 5. The van der Waals surface area contributed by atoms with Crippen LogP contribution in [0.15, 0.2) is 64.8 Å². The van der Waals surface area contributed by atoms with Gasteiger partial charge in [0.1, 0.15) is 16.4 Å². The number of thiophene rings is 1. The van der Waals surface area contributed by atoms with Crippen LogP contribution >= 0.6 is 11.3 Å². The highest BCUT2D eigenvalue weighted by atomic mass is 32.1. The molecule has 150 valence electrons. The maximum atomic E-state index is 13.6. The largest absolute Gasteiger partial charge is 0.496 e. The fourth-order valence-electron chi connectivity index (χ4n) is 3.60. The molecule has 30 heavy (non-hydrogen) atoms. The number of fused-ring (bicyclic) bond motifs is 1. The molecule has 0 atom stereocenters. The topological polar surface area (TPSA) is 67.9 Å². The Morgan fingerprint density at radius 3 is 2.67 bits per heavy atom. The minimum Gasteiger partial charge on any atom is -0.496 e. The van der Waals surface area contributed by atoms with E-state index in [0.29, 0.717) is 37.0 Å². The molecule has 6 heteroatoms. The van der Waals surface area contributed by atoms with Crippen LogP contribution < -0.4 is 10.3 Å². The number of hydrogen-bond donors (Lipinski definition) is 0. The van der Waals surface area contributed by atoms with Gasteiger partial charge < -0.3 is 4.74 Å². The first-order chi connectivity index (χ1) is 14.7. The van der Waals surface area contributed by atoms with Crippen LogP contribution in [0.5, 0.6) is 5.75 Å². The Morgan fingerprint density at radius 1 is 1.13 bits per heavy atom. The summed E-state index contributed by atoms with van der Waals surface area (Å²) in [6.45, 7) is 0.462. The van der Waals surface area contributed by atoms with Gasteiger partial charge in [-0.1, -0.05) is 48.5 Å². The Hall–Kier alpha value is -3.43. The van der Waals surface area contributed by atoms with Crippen molar-refractivity contribution < 1.29 is 4.74 Å². The summed E-state index contributed by atoms with van der Waals surface area (Å²) in [7, 11) is 1.64. The molecule has 4 aromatic rings. The normalized spacial score (nSPS) is 10.8. The van der Waals surface area contributed by atoms with Crippen molar-refractivity contribution in [1.82, 2.24) is 9.55 Å². The van der Waals surface area contributed by atoms with E-state index < -0.39 is 0 Å². The lowest BCUT2D eigenvalue weighted by Gasteiger charge is -2.14. The molecule has 0 bridgehead atoms. The molecular formula is C24H21N3O2S. The van der Waals surface area contributed by atoms with Crippen LogP contribution in [-0.2, 0) is 13.0 Å². The van der Waals surface area contributed by atoms with Gasteiger partial charge in [-0.2, -0.15) is 5.26 Å². The summed E-state index contributed by atoms with van der Waals surface area (Å²) in [5, 5.41) is 11.6. The Balaban J connectivity index is 1.86. The van der Waals surface area contributed by atoms with Crippen LogP contribution in [0.2, 0.25) is 0 Å². The summed E-state index contributed by atoms with van der Waals surface area (Å²) < 4.78 is 7.21. The molecule has 0 N–H and O–H groups in total. The molecule has 0 amide bonds. The zero-order valence-corrected chi connectivity index (χ0v) is 17.5. The van der Waals surface area contributed by atoms with E-state index in [4.69, 9.17) is 15.0 Å². The Morgan fingerprint density at radius 2 is 1.90 bits per heavy atom. The van der Waals surface area contributed by atoms with Gasteiger partial charge in [0.15, 0.2) is 0 Å². The SMILES string of the molecule is COc1ccccc1Cc1nc2scc(-c3ccccc3)c2c(=O)n1CCCC#N. The van der Waals surface area contributed by atoms with Gasteiger partial charge in [-0.25, -0.2) is 4.98 Å². The zero-order chi connectivity index (χ0) is 20.9. The second-order valence-electron chi connectivity index (χ2n) is 6.93. The molecule has 0 aliphatic heterocycles. The van der Waals surface area contributed by atoms with Gasteiger partial charge in [-0.3, -0.25) is 9.36 Å². The molecule has 0 aliphatic rings. The third kappa shape index (κ3) is 3.85. The second kappa shape index (κ2) is 8.93. The summed E-state index contributed by atoms with van der Waals surface area (Å²) in [6.07, 6.45) is 1.49. The van der Waals surface area contributed by atoms with E-state index >= 15 is 0 Å². The Kier molecular flexibility index (Phi) is 5.92. The van der Waals surface area contributed by atoms with E-state index in [9.17, 15) is 4.79 Å². The second-order valence-corrected chi connectivity index (χ2v) is 7.79. The summed E-state index contributed by atoms with van der Waals surface area (Å²) >= 11 is 1.49. The molecule has 0 saturated carbocycles. The van der Waals surface area contributed by atoms with E-state index in [2.05, 4.69) is 6.07 Å². The van der Waals surface area contributed by atoms with E-state index in [-0.39, 0.29) is 5.56 Å². The van der Waals surface area contributed by atoms with Gasteiger partial charge in [0.25, 0.3) is 5.56 Å². The van der Waals surface area contributed by atoms with Crippen LogP contribution in [0, 0.1) is 11.3 Å². The van der Waals surface area contributed by atoms with Crippen molar-refractivity contribution in [1.29, 1.82) is 5.26 Å². The fraction of sp³-hybridized carbons (Fsp3) is 0.208. The number of rotatable bonds is 7. The molecule has 0 saturated heterocycles. The lowest BCUT2D eigenvalue weighted by molar-refractivity contribution is 0.410. The van der Waals surface area contributed by atoms with Crippen molar-refractivity contribution in [2.45, 2.75) is 25.8 Å². The van der Waals surface area contributed by atoms with Crippen molar-refractivity contribution in [3.05, 3.63) is 81.7 Å². The minimum atomic E-state index is -0.0528. The van der Waals surface area contributed by atoms with Crippen LogP contribution in [0.25, 0.3) is 21.3 Å². The van der Waals surface area contributed by atoms with E-state index in [1.54, 1.807) is 11.7 Å². The van der Waals surface area contributed by atoms with E-state index in [0.717, 1.165) is 27.3 Å². The highest BCUT2D eigenvalue weighted by molar-refractivity contribution is 7.17. The van der Waals surface area contributed by atoms with Crippen molar-refractivity contribution in [3.63, 3.8) is 0 Å². The lowest BCUT2D eigenvalue weighted by atomic mass is 10.1. The predicted molar refractivity (Wildman–Crippen MR) is 120 cm³/mol. The molecule has 4 rings (SSSR count). The first-order valence-corrected chi connectivity index (χ1v) is 10.7. The van der Waals surface area contributed by atoms with E-state index in [1.807, 2.05) is 60.0 Å². The molecule has 0 aliphatic carbocycles. The highest BCUT2D eigenvalue weighted by Crippen LogP contribution is 2.31. The third-order valence-electron chi connectivity index (χ3n) is 5.07. The predicted octanol–water partition coefficient (Wildman–Crippen LogP) is 5.03. The van der Waals surface area contributed by atoms with Crippen molar-refractivity contribution >= 4 is 21.6 Å². The molecule has 0 spiro atoms. The van der Waals surface area contributed by atoms with Crippen molar-refractivity contribution in [3.8, 4) is 22.9 Å². The van der Waals surface area contributed by atoms with Gasteiger partial charge in [0.2, 0.25) is 0 Å². The lowest BCUT2D eigenvalue weighted by Crippen LogP contribution is -2.25. The van der Waals surface area contributed by atoms with Gasteiger partial charge in [0.05, 0.1) is 18.6 Å². The van der Waals surface area contributed by atoms with Crippen LogP contribution in [0.3, 0.4) is 0 Å². The number of unbranched alkanes of at least 4 members (excludes halogenated alkanes) is 1. The number of methoxy groups -OCH3 is 1. The summed E-state index contributed by atoms with van der Waals surface area (Å²) in [5.74, 6) is 1.46. The number of nitrogens with zero attached hydrogens (tertiary/aromatic N) is 3. The van der Waals surface area contributed by atoms with Gasteiger partial charge in [0, 0.05) is 35.9 Å². The summed E-state index contributed by atoms with van der Waals surface area (Å²) in [6, 6.07) is 19.8. The number of nitriles is 1. The molecule has 0 radical (unpaired) electrons. The van der Waals surface area contributed by atoms with Crippen molar-refractivity contribution in [2.24, 2.45) is 0 Å². The zero-order valence-electron chi connectivity index (χ0n) is 16.7. The van der Waals surface area contributed by atoms with Crippen molar-refractivity contribution in [2.75, 3.05) is 7.11 Å². The first kappa shape index (κ1) is 19.9. The smallest absolute Gasteiger partial charge is 0.262 e. The fourth-order valence-corrected chi connectivity index (χ4v) is 4.55. The van der Waals surface area contributed by atoms with Gasteiger partial charge >= 0.3 is 0 Å². The summed E-state index contributed by atoms with van der Waals surface area (Å²) in [4.78, 5) is 19.2. The van der Waals surface area contributed by atoms with E-state index in [1.165, 1.54) is 11.3 Å². The Bertz CT molecular complexity index is 1270. The third-order valence-corrected chi connectivity index (χ3v) is 5.94. The maximum absolute atomic E-state index is 13.6. The monoisotopic (exact) mass is 415 g/mol. The average molecular weight is 416 g/mol. The van der Waals surface area contributed by atoms with Gasteiger partial charge in [-0.15, -0.1) is 11.3 Å². The standard InChI is InChI=1S/C24H21N3O2S/c1-29-20-12-6-5-11-18(20)15-21-26-23-22(24(28)27(21)14-8-7-13-25)19(16-30-23)17-9-3-2-4-10-17/h2-6,9-12,16H,7-8,14-15H2,1H3.